The van der Waals surface area contributed by atoms with Crippen molar-refractivity contribution >= 4 is 24.0 Å². The van der Waals surface area contributed by atoms with E-state index in [0.717, 1.165) is 4.90 Å². The first-order chi connectivity index (χ1) is 11.2. The van der Waals surface area contributed by atoms with Crippen LogP contribution in [0.15, 0.2) is 0 Å². The summed E-state index contributed by atoms with van der Waals surface area (Å²) < 4.78 is 10.3. The number of carbonyl (C=O) groups is 4. The van der Waals surface area contributed by atoms with Gasteiger partial charge in [-0.25, -0.2) is 14.4 Å². The van der Waals surface area contributed by atoms with E-state index in [4.69, 9.17) is 9.47 Å². The number of hydrogen-bond acceptors (Lipinski definition) is 6. The quantitative estimate of drug-likeness (QED) is 0.749. The van der Waals surface area contributed by atoms with Gasteiger partial charge in [0, 0.05) is 19.6 Å². The fourth-order valence-corrected chi connectivity index (χ4v) is 2.57. The number of nitrogens with one attached hydrogen (secondary N) is 1. The minimum Gasteiger partial charge on any atom is -0.454 e. The maximum atomic E-state index is 12.2. The molecule has 0 bridgehead atoms. The van der Waals surface area contributed by atoms with E-state index in [9.17, 15) is 19.2 Å². The number of carbonyl (C=O) groups excluding carboxylic acids is 4. The molecule has 2 fully saturated rings. The fourth-order valence-electron chi connectivity index (χ4n) is 2.57. The van der Waals surface area contributed by atoms with Gasteiger partial charge in [0.2, 0.25) is 0 Å². The first kappa shape index (κ1) is 18.0. The van der Waals surface area contributed by atoms with Crippen LogP contribution in [-0.2, 0) is 19.1 Å². The summed E-state index contributed by atoms with van der Waals surface area (Å²) in [6, 6.07) is -1.26. The third-order valence-electron chi connectivity index (χ3n) is 3.65. The van der Waals surface area contributed by atoms with Crippen LogP contribution in [0.1, 0.15) is 33.6 Å². The Balaban J connectivity index is 1.87. The average Bonchev–Trinajstić information content (AvgIpc) is 3.11. The average molecular weight is 341 g/mol. The van der Waals surface area contributed by atoms with Gasteiger partial charge >= 0.3 is 18.1 Å². The van der Waals surface area contributed by atoms with E-state index in [0.29, 0.717) is 25.9 Å². The molecule has 2 heterocycles. The van der Waals surface area contributed by atoms with Crippen LogP contribution in [0.5, 0.6) is 0 Å². The van der Waals surface area contributed by atoms with Crippen molar-refractivity contribution in [1.82, 2.24) is 15.1 Å². The molecule has 24 heavy (non-hydrogen) atoms. The van der Waals surface area contributed by atoms with Gasteiger partial charge in [0.1, 0.15) is 11.6 Å². The van der Waals surface area contributed by atoms with Crippen LogP contribution in [0, 0.1) is 0 Å². The molecule has 0 aliphatic carbocycles. The van der Waals surface area contributed by atoms with Gasteiger partial charge in [0.05, 0.1) is 0 Å². The Labute approximate surface area is 140 Å². The Kier molecular flexibility index (Phi) is 5.30. The predicted molar refractivity (Wildman–Crippen MR) is 82.0 cm³/mol. The van der Waals surface area contributed by atoms with Crippen LogP contribution in [0.4, 0.5) is 9.59 Å². The standard InChI is InChI=1S/C15H23N3O6/c1-15(2,3)24-14(22)17-7-4-5-10(17)12(20)23-9-11(19)18-8-6-16-13(18)21/h10H,4-9H2,1-3H3,(H,16,21)/t10-/m0/s1. The van der Waals surface area contributed by atoms with Crippen molar-refractivity contribution in [3.05, 3.63) is 0 Å². The van der Waals surface area contributed by atoms with Crippen molar-refractivity contribution in [3.8, 4) is 0 Å². The SMILES string of the molecule is CC(C)(C)OC(=O)N1CCC[C@H]1C(=O)OCC(=O)N1CCNC1=O. The zero-order valence-corrected chi connectivity index (χ0v) is 14.2. The van der Waals surface area contributed by atoms with E-state index in [1.54, 1.807) is 20.8 Å². The summed E-state index contributed by atoms with van der Waals surface area (Å²) in [5.74, 6) is -1.24. The van der Waals surface area contributed by atoms with Gasteiger partial charge in [-0.1, -0.05) is 0 Å². The molecule has 0 radical (unpaired) electrons. The number of nitrogens with zero attached hydrogens (tertiary/aromatic N) is 2. The zero-order chi connectivity index (χ0) is 17.9. The van der Waals surface area contributed by atoms with Gasteiger partial charge in [-0.15, -0.1) is 0 Å². The van der Waals surface area contributed by atoms with Gasteiger partial charge < -0.3 is 14.8 Å². The molecule has 2 saturated heterocycles. The molecule has 134 valence electrons. The molecule has 0 aromatic heterocycles. The van der Waals surface area contributed by atoms with E-state index in [2.05, 4.69) is 5.32 Å². The molecule has 2 aliphatic rings. The zero-order valence-electron chi connectivity index (χ0n) is 14.2. The second-order valence-electron chi connectivity index (χ2n) is 6.72. The first-order valence-corrected chi connectivity index (χ1v) is 7.93. The predicted octanol–water partition coefficient (Wildman–Crippen LogP) is 0.481. The molecule has 0 unspecified atom stereocenters. The molecule has 1 N–H and O–H groups in total. The second-order valence-corrected chi connectivity index (χ2v) is 6.72. The van der Waals surface area contributed by atoms with Crippen molar-refractivity contribution < 1.29 is 28.7 Å². The van der Waals surface area contributed by atoms with Crippen molar-refractivity contribution in [2.45, 2.75) is 45.3 Å². The maximum Gasteiger partial charge on any atom is 0.411 e. The summed E-state index contributed by atoms with van der Waals surface area (Å²) in [5, 5.41) is 2.49. The molecule has 2 rings (SSSR count). The molecule has 9 nitrogen and oxygen atoms in total. The van der Waals surface area contributed by atoms with Crippen LogP contribution < -0.4 is 5.32 Å². The number of likely N-dealkylation sites (tertiary alicyclic amines) is 1. The summed E-state index contributed by atoms with van der Waals surface area (Å²) in [7, 11) is 0. The topological polar surface area (TPSA) is 105 Å². The molecule has 0 spiro atoms. The summed E-state index contributed by atoms with van der Waals surface area (Å²) in [6.07, 6.45) is 0.532. The Hall–Kier alpha value is -2.32. The van der Waals surface area contributed by atoms with Crippen LogP contribution in [-0.4, -0.2) is 71.7 Å². The second kappa shape index (κ2) is 7.06. The molecule has 0 aromatic carbocycles. The fraction of sp³-hybridized carbons (Fsp3) is 0.733. The Morgan fingerprint density at radius 2 is 1.96 bits per heavy atom. The molecule has 1 atom stereocenters. The number of hydrogen-bond donors (Lipinski definition) is 1. The smallest absolute Gasteiger partial charge is 0.411 e. The van der Waals surface area contributed by atoms with Crippen molar-refractivity contribution in [1.29, 1.82) is 0 Å². The monoisotopic (exact) mass is 341 g/mol. The van der Waals surface area contributed by atoms with E-state index in [1.807, 2.05) is 0 Å². The maximum absolute atomic E-state index is 12.2. The molecule has 4 amide bonds. The number of rotatable bonds is 3. The summed E-state index contributed by atoms with van der Waals surface area (Å²) in [5.41, 5.74) is -0.660. The number of ether oxygens (including phenoxy) is 2. The lowest BCUT2D eigenvalue weighted by atomic mass is 10.2. The van der Waals surface area contributed by atoms with Crippen LogP contribution in [0.3, 0.4) is 0 Å². The lowest BCUT2D eigenvalue weighted by Crippen LogP contribution is -2.45. The van der Waals surface area contributed by atoms with Crippen molar-refractivity contribution in [2.75, 3.05) is 26.2 Å². The van der Waals surface area contributed by atoms with Gasteiger partial charge in [0.15, 0.2) is 6.61 Å². The van der Waals surface area contributed by atoms with Gasteiger partial charge in [0.25, 0.3) is 5.91 Å². The molecular weight excluding hydrogens is 318 g/mol. The Bertz CT molecular complexity index is 542. The van der Waals surface area contributed by atoms with E-state index < -0.39 is 42.3 Å². The van der Waals surface area contributed by atoms with E-state index in [-0.39, 0.29) is 6.54 Å². The first-order valence-electron chi connectivity index (χ1n) is 7.93. The highest BCUT2D eigenvalue weighted by Crippen LogP contribution is 2.21. The summed E-state index contributed by atoms with van der Waals surface area (Å²) in [4.78, 5) is 49.9. The molecule has 0 aromatic rings. The number of imide groups is 1. The highest BCUT2D eigenvalue weighted by atomic mass is 16.6. The minimum absolute atomic E-state index is 0.253. The van der Waals surface area contributed by atoms with Crippen molar-refractivity contribution in [3.63, 3.8) is 0 Å². The lowest BCUT2D eigenvalue weighted by molar-refractivity contribution is -0.154. The largest absolute Gasteiger partial charge is 0.454 e. The Morgan fingerprint density at radius 1 is 1.25 bits per heavy atom. The van der Waals surface area contributed by atoms with E-state index in [1.165, 1.54) is 4.90 Å². The number of urea groups is 1. The third-order valence-corrected chi connectivity index (χ3v) is 3.65. The van der Waals surface area contributed by atoms with Crippen molar-refractivity contribution in [2.24, 2.45) is 0 Å². The summed E-state index contributed by atoms with van der Waals surface area (Å²) >= 11 is 0. The van der Waals surface area contributed by atoms with Crippen LogP contribution >= 0.6 is 0 Å². The van der Waals surface area contributed by atoms with Crippen LogP contribution in [0.25, 0.3) is 0 Å². The highest BCUT2D eigenvalue weighted by Gasteiger charge is 2.38. The highest BCUT2D eigenvalue weighted by molar-refractivity contribution is 5.97. The van der Waals surface area contributed by atoms with Gasteiger partial charge in [-0.2, -0.15) is 0 Å². The van der Waals surface area contributed by atoms with E-state index >= 15 is 0 Å². The molecule has 9 heteroatoms. The third kappa shape index (κ3) is 4.36. The number of esters is 1. The minimum atomic E-state index is -0.764. The van der Waals surface area contributed by atoms with Crippen LogP contribution in [0.2, 0.25) is 0 Å². The van der Waals surface area contributed by atoms with Gasteiger partial charge in [-0.05, 0) is 33.6 Å². The normalized spacial score (nSPS) is 20.8. The Morgan fingerprint density at radius 3 is 2.54 bits per heavy atom. The number of amides is 4. The molecule has 2 aliphatic heterocycles. The summed E-state index contributed by atoms with van der Waals surface area (Å²) in [6.45, 7) is 5.74. The van der Waals surface area contributed by atoms with Gasteiger partial charge in [-0.3, -0.25) is 14.6 Å². The molecular formula is C15H23N3O6. The molecule has 0 saturated carbocycles. The lowest BCUT2D eigenvalue weighted by Gasteiger charge is -2.27.